The van der Waals surface area contributed by atoms with Crippen LogP contribution in [0.1, 0.15) is 30.4 Å². The molecule has 4 unspecified atom stereocenters. The van der Waals surface area contributed by atoms with E-state index in [4.69, 9.17) is 11.5 Å². The Balaban J connectivity index is 1.89. The summed E-state index contributed by atoms with van der Waals surface area (Å²) in [7, 11) is 0. The quantitative estimate of drug-likeness (QED) is 0.0838. The molecule has 12 nitrogen and oxygen atoms in total. The van der Waals surface area contributed by atoms with Crippen molar-refractivity contribution in [2.75, 3.05) is 12.3 Å². The van der Waals surface area contributed by atoms with Crippen LogP contribution in [0.5, 0.6) is 5.75 Å². The number of para-hydroxylation sites is 1. The summed E-state index contributed by atoms with van der Waals surface area (Å²) in [4.78, 5) is 54.8. The van der Waals surface area contributed by atoms with Crippen molar-refractivity contribution >= 4 is 47.2 Å². The summed E-state index contributed by atoms with van der Waals surface area (Å²) in [6.45, 7) is 0.393. The molecular formula is C29H38N6O6S. The highest BCUT2D eigenvalue weighted by molar-refractivity contribution is 7.80. The van der Waals surface area contributed by atoms with Gasteiger partial charge in [0.1, 0.15) is 23.9 Å². The van der Waals surface area contributed by atoms with E-state index >= 15 is 0 Å². The van der Waals surface area contributed by atoms with Crippen LogP contribution in [0.4, 0.5) is 0 Å². The number of phenols is 1. The zero-order valence-corrected chi connectivity index (χ0v) is 24.0. The second kappa shape index (κ2) is 15.8. The van der Waals surface area contributed by atoms with Gasteiger partial charge in [0.15, 0.2) is 0 Å². The fraction of sp³-hybridized carbons (Fsp3) is 0.379. The number of aliphatic carboxylic acids is 1. The third-order valence-electron chi connectivity index (χ3n) is 6.84. The Morgan fingerprint density at radius 3 is 2.12 bits per heavy atom. The van der Waals surface area contributed by atoms with E-state index in [1.165, 1.54) is 12.1 Å². The number of nitrogens with one attached hydrogen (secondary N) is 4. The van der Waals surface area contributed by atoms with E-state index < -0.39 is 47.9 Å². The van der Waals surface area contributed by atoms with Crippen LogP contribution >= 0.6 is 12.6 Å². The van der Waals surface area contributed by atoms with Crippen molar-refractivity contribution in [2.45, 2.75) is 56.3 Å². The molecule has 13 heteroatoms. The smallest absolute Gasteiger partial charge is 0.326 e. The topological polar surface area (TPSA) is 213 Å². The molecule has 0 bridgehead atoms. The van der Waals surface area contributed by atoms with E-state index in [0.29, 0.717) is 24.9 Å². The van der Waals surface area contributed by atoms with Gasteiger partial charge < -0.3 is 42.6 Å². The Morgan fingerprint density at radius 2 is 1.48 bits per heavy atom. The number of benzene rings is 2. The van der Waals surface area contributed by atoms with Crippen molar-refractivity contribution in [3.63, 3.8) is 0 Å². The number of phenolic OH excluding ortho intramolecular Hbond substituents is 1. The first-order valence-electron chi connectivity index (χ1n) is 13.7. The first-order chi connectivity index (χ1) is 20.1. The molecule has 0 saturated heterocycles. The highest BCUT2D eigenvalue weighted by Gasteiger charge is 2.31. The van der Waals surface area contributed by atoms with Crippen LogP contribution in [-0.4, -0.2) is 75.4 Å². The fourth-order valence-electron chi connectivity index (χ4n) is 4.46. The number of aromatic hydroxyl groups is 1. The van der Waals surface area contributed by atoms with Gasteiger partial charge in [-0.05, 0) is 55.1 Å². The van der Waals surface area contributed by atoms with Crippen LogP contribution in [-0.2, 0) is 32.0 Å². The lowest BCUT2D eigenvalue weighted by molar-refractivity contribution is -0.142. The molecule has 10 N–H and O–H groups in total. The average molecular weight is 599 g/mol. The molecule has 0 aliphatic carbocycles. The minimum Gasteiger partial charge on any atom is -0.508 e. The Bertz CT molecular complexity index is 1360. The van der Waals surface area contributed by atoms with Crippen molar-refractivity contribution < 1.29 is 29.4 Å². The van der Waals surface area contributed by atoms with Crippen molar-refractivity contribution in [3.05, 3.63) is 65.9 Å². The normalized spacial score (nSPS) is 14.0. The maximum Gasteiger partial charge on any atom is 0.326 e. The Labute approximate surface area is 249 Å². The SMILES string of the molecule is NCCCCC(NC(=O)C(Cc1c[nH]c2ccccc12)NC(=O)C(Cc1ccc(O)cc1)NC(=O)C(N)CS)C(=O)O. The molecule has 4 atom stereocenters. The number of fused-ring (bicyclic) bond motifs is 1. The molecule has 0 spiro atoms. The number of H-pyrrole nitrogens is 1. The number of aromatic amines is 1. The summed E-state index contributed by atoms with van der Waals surface area (Å²) in [5.41, 5.74) is 13.6. The molecule has 1 aromatic heterocycles. The molecule has 0 radical (unpaired) electrons. The highest BCUT2D eigenvalue weighted by atomic mass is 32.1. The molecule has 2 aromatic carbocycles. The summed E-state index contributed by atoms with van der Waals surface area (Å²) in [5, 5.41) is 28.1. The van der Waals surface area contributed by atoms with E-state index in [2.05, 4.69) is 33.6 Å². The van der Waals surface area contributed by atoms with Crippen LogP contribution < -0.4 is 27.4 Å². The van der Waals surface area contributed by atoms with Crippen LogP contribution in [0.15, 0.2) is 54.7 Å². The van der Waals surface area contributed by atoms with Gasteiger partial charge in [-0.1, -0.05) is 30.3 Å². The predicted molar refractivity (Wildman–Crippen MR) is 162 cm³/mol. The number of aromatic nitrogens is 1. The number of carbonyl (C=O) groups excluding carboxylic acids is 3. The van der Waals surface area contributed by atoms with Gasteiger partial charge in [-0.25, -0.2) is 4.79 Å². The summed E-state index contributed by atoms with van der Waals surface area (Å²) in [6, 6.07) is 9.12. The summed E-state index contributed by atoms with van der Waals surface area (Å²) in [5.74, 6) is -3.07. The fourth-order valence-corrected chi connectivity index (χ4v) is 4.63. The highest BCUT2D eigenvalue weighted by Crippen LogP contribution is 2.20. The number of unbranched alkanes of at least 4 members (excludes halogenated alkanes) is 1. The van der Waals surface area contributed by atoms with Gasteiger partial charge >= 0.3 is 5.97 Å². The van der Waals surface area contributed by atoms with E-state index in [-0.39, 0.29) is 30.8 Å². The Kier molecular flexibility index (Phi) is 12.2. The maximum absolute atomic E-state index is 13.6. The van der Waals surface area contributed by atoms with Gasteiger partial charge in [-0.2, -0.15) is 12.6 Å². The van der Waals surface area contributed by atoms with Crippen LogP contribution in [0.2, 0.25) is 0 Å². The standard InChI is InChI=1S/C29H38N6O6S/c30-12-4-3-7-23(29(40)41)33-28(39)25(14-18-15-32-22-6-2-1-5-20(18)22)35-27(38)24(34-26(37)21(31)16-42)13-17-8-10-19(36)11-9-17/h1-2,5-6,8-11,15,21,23-25,32,36,42H,3-4,7,12-14,16,30-31H2,(H,33,39)(H,34,37)(H,35,38)(H,40,41). The molecule has 3 rings (SSSR count). The number of carbonyl (C=O) groups is 4. The predicted octanol–water partition coefficient (Wildman–Crippen LogP) is 0.584. The maximum atomic E-state index is 13.6. The molecule has 0 saturated carbocycles. The summed E-state index contributed by atoms with van der Waals surface area (Å²) >= 11 is 4.05. The van der Waals surface area contributed by atoms with E-state index in [9.17, 15) is 29.4 Å². The molecule has 3 amide bonds. The number of carboxylic acids is 1. The van der Waals surface area contributed by atoms with Crippen molar-refractivity contribution in [2.24, 2.45) is 11.5 Å². The van der Waals surface area contributed by atoms with Crippen molar-refractivity contribution in [3.8, 4) is 5.75 Å². The summed E-state index contributed by atoms with van der Waals surface area (Å²) < 4.78 is 0. The van der Waals surface area contributed by atoms with Gasteiger partial charge in [0.05, 0.1) is 6.04 Å². The first-order valence-corrected chi connectivity index (χ1v) is 14.3. The van der Waals surface area contributed by atoms with Gasteiger partial charge in [-0.15, -0.1) is 0 Å². The average Bonchev–Trinajstić information content (AvgIpc) is 3.39. The second-order valence-corrected chi connectivity index (χ2v) is 10.4. The van der Waals surface area contributed by atoms with E-state index in [1.807, 2.05) is 24.3 Å². The number of hydrogen-bond acceptors (Lipinski definition) is 8. The van der Waals surface area contributed by atoms with Crippen molar-refractivity contribution in [1.82, 2.24) is 20.9 Å². The van der Waals surface area contributed by atoms with Gasteiger partial charge in [-0.3, -0.25) is 14.4 Å². The zero-order chi connectivity index (χ0) is 30.6. The number of rotatable bonds is 16. The monoisotopic (exact) mass is 598 g/mol. The third kappa shape index (κ3) is 9.23. The minimum absolute atomic E-state index is 0.0371. The molecule has 3 aromatic rings. The van der Waals surface area contributed by atoms with Crippen LogP contribution in [0.3, 0.4) is 0 Å². The van der Waals surface area contributed by atoms with Crippen molar-refractivity contribution in [1.29, 1.82) is 0 Å². The number of amides is 3. The lowest BCUT2D eigenvalue weighted by Crippen LogP contribution is -2.58. The zero-order valence-electron chi connectivity index (χ0n) is 23.1. The van der Waals surface area contributed by atoms with E-state index in [0.717, 1.165) is 16.5 Å². The first kappa shape index (κ1) is 32.4. The molecular weight excluding hydrogens is 560 g/mol. The molecule has 0 fully saturated rings. The minimum atomic E-state index is -1.20. The lowest BCUT2D eigenvalue weighted by atomic mass is 10.0. The lowest BCUT2D eigenvalue weighted by Gasteiger charge is -2.25. The number of carboxylic acid groups (broad SMARTS) is 1. The second-order valence-electron chi connectivity index (χ2n) is 10.0. The number of hydrogen-bond donors (Lipinski definition) is 9. The molecule has 1 heterocycles. The number of nitrogens with two attached hydrogens (primary N) is 2. The third-order valence-corrected chi connectivity index (χ3v) is 7.23. The Morgan fingerprint density at radius 1 is 0.857 bits per heavy atom. The van der Waals surface area contributed by atoms with Crippen LogP contribution in [0.25, 0.3) is 10.9 Å². The Hall–Kier alpha value is -4.07. The van der Waals surface area contributed by atoms with Crippen LogP contribution in [0, 0.1) is 0 Å². The van der Waals surface area contributed by atoms with Gasteiger partial charge in [0, 0.05) is 35.7 Å². The van der Waals surface area contributed by atoms with E-state index in [1.54, 1.807) is 18.3 Å². The molecule has 0 aliphatic heterocycles. The molecule has 0 aliphatic rings. The van der Waals surface area contributed by atoms with Gasteiger partial charge in [0.25, 0.3) is 0 Å². The summed E-state index contributed by atoms with van der Waals surface area (Å²) in [6.07, 6.45) is 3.09. The molecule has 42 heavy (non-hydrogen) atoms. The largest absolute Gasteiger partial charge is 0.508 e. The molecule has 226 valence electrons. The number of thiol groups is 1. The van der Waals surface area contributed by atoms with Gasteiger partial charge in [0.2, 0.25) is 17.7 Å².